The van der Waals surface area contributed by atoms with Crippen molar-refractivity contribution in [1.82, 2.24) is 4.98 Å². The molecule has 0 saturated heterocycles. The zero-order valence-corrected chi connectivity index (χ0v) is 9.11. The lowest BCUT2D eigenvalue weighted by Gasteiger charge is -2.04. The first-order valence-corrected chi connectivity index (χ1v) is 5.20. The third kappa shape index (κ3) is 5.34. The Labute approximate surface area is 90.4 Å². The van der Waals surface area contributed by atoms with Crippen LogP contribution in [0.15, 0.2) is 18.2 Å². The molecule has 0 aliphatic rings. The molecule has 1 heterocycles. The summed E-state index contributed by atoms with van der Waals surface area (Å²) in [7, 11) is 0. The third-order valence-electron chi connectivity index (χ3n) is 1.80. The van der Waals surface area contributed by atoms with E-state index in [0.29, 0.717) is 25.6 Å². The number of nitrogen functional groups attached to an aromatic ring is 1. The number of nitrogens with two attached hydrogens (primary N) is 1. The first-order valence-electron chi connectivity index (χ1n) is 5.20. The molecule has 0 atom stereocenters. The van der Waals surface area contributed by atoms with Gasteiger partial charge < -0.3 is 15.2 Å². The lowest BCUT2D eigenvalue weighted by molar-refractivity contribution is 0.0398. The van der Waals surface area contributed by atoms with Gasteiger partial charge in [-0.15, -0.1) is 0 Å². The summed E-state index contributed by atoms with van der Waals surface area (Å²) in [6, 6.07) is 5.52. The number of aromatic nitrogens is 1. The Morgan fingerprint density at radius 1 is 1.20 bits per heavy atom. The lowest BCUT2D eigenvalue weighted by Crippen LogP contribution is -2.06. The maximum Gasteiger partial charge on any atom is 0.123 e. The Morgan fingerprint density at radius 2 is 2.00 bits per heavy atom. The van der Waals surface area contributed by atoms with Gasteiger partial charge in [-0.05, 0) is 18.6 Å². The van der Waals surface area contributed by atoms with Crippen LogP contribution < -0.4 is 5.73 Å². The monoisotopic (exact) mass is 210 g/mol. The standard InChI is InChI=1S/C11H18N2O2/c1-2-6-14-7-8-15-9-10-4-3-5-11(12)13-10/h3-5H,2,6-9H2,1H3,(H2,12,13). The van der Waals surface area contributed by atoms with Crippen molar-refractivity contribution in [3.63, 3.8) is 0 Å². The molecule has 4 heteroatoms. The van der Waals surface area contributed by atoms with Gasteiger partial charge in [0.15, 0.2) is 0 Å². The molecule has 2 N–H and O–H groups in total. The summed E-state index contributed by atoms with van der Waals surface area (Å²) in [5, 5.41) is 0. The summed E-state index contributed by atoms with van der Waals surface area (Å²) in [6.45, 7) is 4.59. The highest BCUT2D eigenvalue weighted by Gasteiger charge is 1.95. The number of rotatable bonds is 7. The van der Waals surface area contributed by atoms with Gasteiger partial charge in [-0.1, -0.05) is 13.0 Å². The number of ether oxygens (including phenoxy) is 2. The zero-order chi connectivity index (χ0) is 10.9. The summed E-state index contributed by atoms with van der Waals surface area (Å²) in [5.41, 5.74) is 6.39. The predicted octanol–water partition coefficient (Wildman–Crippen LogP) is 1.61. The molecule has 0 radical (unpaired) electrons. The largest absolute Gasteiger partial charge is 0.384 e. The second kappa shape index (κ2) is 7.20. The highest BCUT2D eigenvalue weighted by molar-refractivity contribution is 5.28. The molecule has 1 aromatic heterocycles. The smallest absolute Gasteiger partial charge is 0.123 e. The van der Waals surface area contributed by atoms with E-state index >= 15 is 0 Å². The van der Waals surface area contributed by atoms with Crippen LogP contribution in [0.2, 0.25) is 0 Å². The summed E-state index contributed by atoms with van der Waals surface area (Å²) >= 11 is 0. The minimum Gasteiger partial charge on any atom is -0.384 e. The quantitative estimate of drug-likeness (QED) is 0.694. The molecule has 84 valence electrons. The minimum absolute atomic E-state index is 0.487. The van der Waals surface area contributed by atoms with Crippen LogP contribution in [0.3, 0.4) is 0 Å². The molecule has 15 heavy (non-hydrogen) atoms. The normalized spacial score (nSPS) is 10.5. The molecule has 1 aromatic rings. The van der Waals surface area contributed by atoms with Crippen LogP contribution in [0, 0.1) is 0 Å². The molecule has 4 nitrogen and oxygen atoms in total. The van der Waals surface area contributed by atoms with Crippen molar-refractivity contribution in [3.8, 4) is 0 Å². The van der Waals surface area contributed by atoms with Crippen molar-refractivity contribution < 1.29 is 9.47 Å². The number of nitrogens with zero attached hydrogens (tertiary/aromatic N) is 1. The van der Waals surface area contributed by atoms with E-state index in [1.807, 2.05) is 12.1 Å². The van der Waals surface area contributed by atoms with Crippen LogP contribution >= 0.6 is 0 Å². The molecule has 0 aliphatic carbocycles. The average Bonchev–Trinajstić information content (AvgIpc) is 2.23. The maximum absolute atomic E-state index is 5.54. The van der Waals surface area contributed by atoms with Crippen molar-refractivity contribution in [2.75, 3.05) is 25.6 Å². The molecule has 0 aliphatic heterocycles. The van der Waals surface area contributed by atoms with Crippen molar-refractivity contribution >= 4 is 5.82 Å². The topological polar surface area (TPSA) is 57.4 Å². The van der Waals surface area contributed by atoms with Gasteiger partial charge in [-0.25, -0.2) is 4.98 Å². The maximum atomic E-state index is 5.54. The van der Waals surface area contributed by atoms with Crippen LogP contribution in [0.4, 0.5) is 5.82 Å². The Morgan fingerprint density at radius 3 is 2.73 bits per heavy atom. The first kappa shape index (κ1) is 11.9. The van der Waals surface area contributed by atoms with Gasteiger partial charge in [0, 0.05) is 6.61 Å². The fourth-order valence-corrected chi connectivity index (χ4v) is 1.12. The second-order valence-corrected chi connectivity index (χ2v) is 3.22. The number of hydrogen-bond acceptors (Lipinski definition) is 4. The van der Waals surface area contributed by atoms with E-state index < -0.39 is 0 Å². The molecular weight excluding hydrogens is 192 g/mol. The second-order valence-electron chi connectivity index (χ2n) is 3.22. The van der Waals surface area contributed by atoms with Gasteiger partial charge in [-0.2, -0.15) is 0 Å². The van der Waals surface area contributed by atoms with Crippen molar-refractivity contribution in [2.24, 2.45) is 0 Å². The third-order valence-corrected chi connectivity index (χ3v) is 1.80. The fourth-order valence-electron chi connectivity index (χ4n) is 1.12. The molecule has 0 fully saturated rings. The van der Waals surface area contributed by atoms with Crippen LogP contribution in [0.5, 0.6) is 0 Å². The van der Waals surface area contributed by atoms with Gasteiger partial charge in [0.1, 0.15) is 5.82 Å². The Kier molecular flexibility index (Phi) is 5.73. The molecule has 0 unspecified atom stereocenters. The van der Waals surface area contributed by atoms with Gasteiger partial charge in [0.2, 0.25) is 0 Å². The zero-order valence-electron chi connectivity index (χ0n) is 9.11. The van der Waals surface area contributed by atoms with Gasteiger partial charge in [0.05, 0.1) is 25.5 Å². The Hall–Kier alpha value is -1.13. The summed E-state index contributed by atoms with van der Waals surface area (Å²) < 4.78 is 10.7. The van der Waals surface area contributed by atoms with Gasteiger partial charge in [0.25, 0.3) is 0 Å². The molecule has 0 spiro atoms. The highest BCUT2D eigenvalue weighted by Crippen LogP contribution is 2.01. The van der Waals surface area contributed by atoms with E-state index in [1.165, 1.54) is 0 Å². The van der Waals surface area contributed by atoms with Crippen molar-refractivity contribution in [1.29, 1.82) is 0 Å². The number of pyridine rings is 1. The van der Waals surface area contributed by atoms with Crippen LogP contribution in [0.1, 0.15) is 19.0 Å². The Balaban J connectivity index is 2.10. The minimum atomic E-state index is 0.487. The molecule has 0 amide bonds. The fraction of sp³-hybridized carbons (Fsp3) is 0.545. The van der Waals surface area contributed by atoms with E-state index in [2.05, 4.69) is 11.9 Å². The van der Waals surface area contributed by atoms with E-state index in [0.717, 1.165) is 18.7 Å². The SMILES string of the molecule is CCCOCCOCc1cccc(N)n1. The van der Waals surface area contributed by atoms with Crippen LogP contribution in [-0.4, -0.2) is 24.8 Å². The highest BCUT2D eigenvalue weighted by atomic mass is 16.5. The number of hydrogen-bond donors (Lipinski definition) is 1. The van der Waals surface area contributed by atoms with Crippen molar-refractivity contribution in [2.45, 2.75) is 20.0 Å². The van der Waals surface area contributed by atoms with E-state index in [4.69, 9.17) is 15.2 Å². The van der Waals surface area contributed by atoms with E-state index in [1.54, 1.807) is 6.07 Å². The average molecular weight is 210 g/mol. The number of anilines is 1. The van der Waals surface area contributed by atoms with Gasteiger partial charge in [-0.3, -0.25) is 0 Å². The van der Waals surface area contributed by atoms with E-state index in [-0.39, 0.29) is 0 Å². The summed E-state index contributed by atoms with van der Waals surface area (Å²) in [5.74, 6) is 0.526. The molecule has 0 aromatic carbocycles. The van der Waals surface area contributed by atoms with Gasteiger partial charge >= 0.3 is 0 Å². The lowest BCUT2D eigenvalue weighted by atomic mass is 10.3. The molecular formula is C11H18N2O2. The van der Waals surface area contributed by atoms with Crippen LogP contribution in [-0.2, 0) is 16.1 Å². The predicted molar refractivity (Wildman–Crippen MR) is 59.4 cm³/mol. The molecule has 0 bridgehead atoms. The summed E-state index contributed by atoms with van der Waals surface area (Å²) in [6.07, 6.45) is 1.04. The van der Waals surface area contributed by atoms with Crippen LogP contribution in [0.25, 0.3) is 0 Å². The first-order chi connectivity index (χ1) is 7.33. The molecule has 1 rings (SSSR count). The molecule has 0 saturated carbocycles. The Bertz CT molecular complexity index is 279. The van der Waals surface area contributed by atoms with Crippen molar-refractivity contribution in [3.05, 3.63) is 23.9 Å². The van der Waals surface area contributed by atoms with E-state index in [9.17, 15) is 0 Å². The summed E-state index contributed by atoms with van der Waals surface area (Å²) in [4.78, 5) is 4.12.